The van der Waals surface area contributed by atoms with Crippen LogP contribution >= 0.6 is 23.2 Å². The Morgan fingerprint density at radius 2 is 2.13 bits per heavy atom. The van der Waals surface area contributed by atoms with E-state index in [0.29, 0.717) is 21.4 Å². The van der Waals surface area contributed by atoms with E-state index in [2.05, 4.69) is 0 Å². The van der Waals surface area contributed by atoms with Crippen molar-refractivity contribution in [2.75, 3.05) is 7.11 Å². The van der Waals surface area contributed by atoms with Crippen LogP contribution in [0.25, 0.3) is 6.08 Å². The van der Waals surface area contributed by atoms with Gasteiger partial charge in [0.05, 0.1) is 17.2 Å². The molecule has 1 aromatic carbocycles. The molecule has 1 rings (SSSR count). The predicted molar refractivity (Wildman–Crippen MR) is 59.7 cm³/mol. The number of carbonyl (C=O) groups is 1. The topological polar surface area (TPSA) is 46.5 Å². The lowest BCUT2D eigenvalue weighted by atomic mass is 10.2. The molecule has 1 aromatic rings. The summed E-state index contributed by atoms with van der Waals surface area (Å²) in [6.07, 6.45) is 2.34. The fourth-order valence-corrected chi connectivity index (χ4v) is 1.37. The van der Waals surface area contributed by atoms with Crippen molar-refractivity contribution < 1.29 is 14.6 Å². The molecule has 0 unspecified atom stereocenters. The minimum atomic E-state index is -1.05. The molecule has 0 aliphatic rings. The van der Waals surface area contributed by atoms with Gasteiger partial charge >= 0.3 is 5.97 Å². The highest BCUT2D eigenvalue weighted by atomic mass is 35.5. The number of benzene rings is 1. The van der Waals surface area contributed by atoms with Gasteiger partial charge in [-0.1, -0.05) is 23.2 Å². The molecule has 0 aliphatic heterocycles. The summed E-state index contributed by atoms with van der Waals surface area (Å²) in [5.41, 5.74) is 0.503. The molecule has 0 heterocycles. The Kier molecular flexibility index (Phi) is 4.00. The van der Waals surface area contributed by atoms with Crippen molar-refractivity contribution in [1.29, 1.82) is 0 Å². The van der Waals surface area contributed by atoms with Gasteiger partial charge in [0, 0.05) is 12.1 Å². The third-order valence-electron chi connectivity index (χ3n) is 1.67. The van der Waals surface area contributed by atoms with Gasteiger partial charge in [0.1, 0.15) is 5.75 Å². The lowest BCUT2D eigenvalue weighted by molar-refractivity contribution is -0.131. The summed E-state index contributed by atoms with van der Waals surface area (Å²) in [4.78, 5) is 10.3. The van der Waals surface area contributed by atoms with Crippen LogP contribution in [0.15, 0.2) is 18.2 Å². The minimum absolute atomic E-state index is 0.301. The number of aliphatic carboxylic acids is 1. The highest BCUT2D eigenvalue weighted by molar-refractivity contribution is 6.43. The smallest absolute Gasteiger partial charge is 0.328 e. The summed E-state index contributed by atoms with van der Waals surface area (Å²) in [5, 5.41) is 9.09. The second-order valence-electron chi connectivity index (χ2n) is 2.68. The van der Waals surface area contributed by atoms with Gasteiger partial charge in [-0.3, -0.25) is 0 Å². The van der Waals surface area contributed by atoms with Crippen molar-refractivity contribution in [2.24, 2.45) is 0 Å². The molecule has 80 valence electrons. The molecule has 5 heteroatoms. The molecule has 0 saturated heterocycles. The first-order valence-electron chi connectivity index (χ1n) is 3.98. The van der Waals surface area contributed by atoms with E-state index < -0.39 is 5.97 Å². The van der Waals surface area contributed by atoms with Crippen LogP contribution in [0.3, 0.4) is 0 Å². The maximum absolute atomic E-state index is 10.3. The zero-order chi connectivity index (χ0) is 11.4. The summed E-state index contributed by atoms with van der Waals surface area (Å²) in [6, 6.07) is 3.16. The van der Waals surface area contributed by atoms with Crippen LogP contribution in [0.4, 0.5) is 0 Å². The van der Waals surface area contributed by atoms with Crippen LogP contribution in [0.1, 0.15) is 5.56 Å². The fraction of sp³-hybridized carbons (Fsp3) is 0.100. The highest BCUT2D eigenvalue weighted by Gasteiger charge is 2.06. The largest absolute Gasteiger partial charge is 0.497 e. The van der Waals surface area contributed by atoms with Crippen molar-refractivity contribution >= 4 is 35.2 Å². The molecule has 0 radical (unpaired) electrons. The summed E-state index contributed by atoms with van der Waals surface area (Å²) in [7, 11) is 1.49. The van der Waals surface area contributed by atoms with E-state index in [1.165, 1.54) is 13.2 Å². The Hall–Kier alpha value is -1.19. The Labute approximate surface area is 96.9 Å². The molecule has 0 fully saturated rings. The molecule has 0 spiro atoms. The first-order valence-corrected chi connectivity index (χ1v) is 4.74. The molecule has 15 heavy (non-hydrogen) atoms. The Morgan fingerprint density at radius 3 is 2.67 bits per heavy atom. The minimum Gasteiger partial charge on any atom is -0.497 e. The second-order valence-corrected chi connectivity index (χ2v) is 3.47. The summed E-state index contributed by atoms with van der Waals surface area (Å²) in [6.45, 7) is 0. The number of halogens is 2. The van der Waals surface area contributed by atoms with Crippen LogP contribution in [-0.4, -0.2) is 18.2 Å². The molecular formula is C10H8Cl2O3. The third kappa shape index (κ3) is 3.15. The average molecular weight is 247 g/mol. The van der Waals surface area contributed by atoms with E-state index in [1.54, 1.807) is 12.1 Å². The summed E-state index contributed by atoms with van der Waals surface area (Å²) < 4.78 is 4.97. The number of rotatable bonds is 3. The van der Waals surface area contributed by atoms with Crippen LogP contribution < -0.4 is 4.74 Å². The number of hydrogen-bond donors (Lipinski definition) is 1. The number of methoxy groups -OCH3 is 1. The zero-order valence-electron chi connectivity index (χ0n) is 7.83. The maximum Gasteiger partial charge on any atom is 0.328 e. The molecule has 0 atom stereocenters. The van der Waals surface area contributed by atoms with Crippen LogP contribution in [0.5, 0.6) is 5.75 Å². The van der Waals surface area contributed by atoms with Crippen molar-refractivity contribution in [2.45, 2.75) is 0 Å². The Bertz CT molecular complexity index is 413. The molecular weight excluding hydrogens is 239 g/mol. The first kappa shape index (κ1) is 11.9. The van der Waals surface area contributed by atoms with Gasteiger partial charge in [-0.15, -0.1) is 0 Å². The predicted octanol–water partition coefficient (Wildman–Crippen LogP) is 3.10. The highest BCUT2D eigenvalue weighted by Crippen LogP contribution is 2.31. The van der Waals surface area contributed by atoms with E-state index in [-0.39, 0.29) is 0 Å². The summed E-state index contributed by atoms with van der Waals surface area (Å²) in [5.74, 6) is -0.528. The van der Waals surface area contributed by atoms with Gasteiger partial charge in [0.2, 0.25) is 0 Å². The van der Waals surface area contributed by atoms with E-state index in [4.69, 9.17) is 33.0 Å². The quantitative estimate of drug-likeness (QED) is 0.834. The number of carboxylic acids is 1. The molecule has 1 N–H and O–H groups in total. The molecule has 0 aliphatic carbocycles. The molecule has 0 aromatic heterocycles. The lowest BCUT2D eigenvalue weighted by Crippen LogP contribution is -1.88. The molecule has 3 nitrogen and oxygen atoms in total. The van der Waals surface area contributed by atoms with Gasteiger partial charge in [-0.25, -0.2) is 4.79 Å². The normalized spacial score (nSPS) is 10.6. The van der Waals surface area contributed by atoms with Crippen LogP contribution in [0.2, 0.25) is 10.0 Å². The lowest BCUT2D eigenvalue weighted by Gasteiger charge is -2.05. The number of ether oxygens (including phenoxy) is 1. The van der Waals surface area contributed by atoms with Gasteiger partial charge in [0.15, 0.2) is 0 Å². The standard InChI is InChI=1S/C10H8Cl2O3/c1-15-7-4-6(2-3-9(13)14)10(12)8(11)5-7/h2-5H,1H3,(H,13,14)/b3-2+. The van der Waals surface area contributed by atoms with E-state index >= 15 is 0 Å². The maximum atomic E-state index is 10.3. The molecule has 0 amide bonds. The third-order valence-corrected chi connectivity index (χ3v) is 2.49. The fourth-order valence-electron chi connectivity index (χ4n) is 0.985. The average Bonchev–Trinajstić information content (AvgIpc) is 2.19. The van der Waals surface area contributed by atoms with Crippen molar-refractivity contribution in [1.82, 2.24) is 0 Å². The van der Waals surface area contributed by atoms with Crippen molar-refractivity contribution in [3.05, 3.63) is 33.8 Å². The molecule has 0 bridgehead atoms. The van der Waals surface area contributed by atoms with Gasteiger partial charge in [-0.05, 0) is 17.7 Å². The SMILES string of the molecule is COc1cc(Cl)c(Cl)c(/C=C/C(=O)O)c1. The Morgan fingerprint density at radius 1 is 1.47 bits per heavy atom. The second kappa shape index (κ2) is 5.05. The van der Waals surface area contributed by atoms with Gasteiger partial charge < -0.3 is 9.84 Å². The summed E-state index contributed by atoms with van der Waals surface area (Å²) >= 11 is 11.7. The van der Waals surface area contributed by atoms with Crippen LogP contribution in [-0.2, 0) is 4.79 Å². The van der Waals surface area contributed by atoms with E-state index in [0.717, 1.165) is 6.08 Å². The van der Waals surface area contributed by atoms with Crippen molar-refractivity contribution in [3.63, 3.8) is 0 Å². The van der Waals surface area contributed by atoms with E-state index in [9.17, 15) is 4.79 Å². The van der Waals surface area contributed by atoms with Gasteiger partial charge in [0.25, 0.3) is 0 Å². The number of hydrogen-bond acceptors (Lipinski definition) is 2. The zero-order valence-corrected chi connectivity index (χ0v) is 9.34. The van der Waals surface area contributed by atoms with Gasteiger partial charge in [-0.2, -0.15) is 0 Å². The van der Waals surface area contributed by atoms with Crippen molar-refractivity contribution in [3.8, 4) is 5.75 Å². The van der Waals surface area contributed by atoms with E-state index in [1.807, 2.05) is 0 Å². The Balaban J connectivity index is 3.16. The first-order chi connectivity index (χ1) is 7.04. The number of carboxylic acid groups (broad SMARTS) is 1. The monoisotopic (exact) mass is 246 g/mol. The van der Waals surface area contributed by atoms with Crippen LogP contribution in [0, 0.1) is 0 Å². The molecule has 0 saturated carbocycles.